The summed E-state index contributed by atoms with van der Waals surface area (Å²) in [4.78, 5) is 4.18. The van der Waals surface area contributed by atoms with Crippen LogP contribution in [0.2, 0.25) is 0 Å². The van der Waals surface area contributed by atoms with Crippen molar-refractivity contribution < 1.29 is 23.0 Å². The number of hydrogen-bond donors (Lipinski definition) is 3. The van der Waals surface area contributed by atoms with E-state index in [2.05, 4.69) is 15.0 Å². The summed E-state index contributed by atoms with van der Waals surface area (Å²) in [6.45, 7) is 0.739. The number of nitrogens with zero attached hydrogens (tertiary/aromatic N) is 1. The molecule has 0 amide bonds. The van der Waals surface area contributed by atoms with E-state index in [1.807, 2.05) is 0 Å². The molecule has 0 unspecified atom stereocenters. The highest BCUT2D eigenvalue weighted by Gasteiger charge is 2.26. The quantitative estimate of drug-likeness (QED) is 0.625. The zero-order chi connectivity index (χ0) is 15.3. The number of benzene rings is 1. The number of guanidine groups is 1. The lowest BCUT2D eigenvalue weighted by Gasteiger charge is -2.21. The zero-order valence-corrected chi connectivity index (χ0v) is 12.3. The number of ether oxygens (including phenoxy) is 2. The standard InChI is InChI=1S/C12H17N3O5S/c1-19-9-2-3-10-11(8-9)21(17,18)15-12(14-10)13-4-6-20-7-5-16/h2-3,8,16H,4-7H2,1H3,(H2,13,14,15). The third-order valence-corrected chi connectivity index (χ3v) is 4.08. The molecule has 0 saturated heterocycles. The maximum Gasteiger partial charge on any atom is 0.266 e. The average Bonchev–Trinajstić information content (AvgIpc) is 2.46. The minimum Gasteiger partial charge on any atom is -0.497 e. The number of methoxy groups -OCH3 is 1. The van der Waals surface area contributed by atoms with E-state index in [4.69, 9.17) is 14.6 Å². The van der Waals surface area contributed by atoms with Crippen LogP contribution in [0.15, 0.2) is 28.1 Å². The summed E-state index contributed by atoms with van der Waals surface area (Å²) >= 11 is 0. The van der Waals surface area contributed by atoms with E-state index in [0.717, 1.165) is 0 Å². The van der Waals surface area contributed by atoms with Crippen molar-refractivity contribution in [2.24, 2.45) is 4.99 Å². The molecule has 0 radical (unpaired) electrons. The molecule has 116 valence electrons. The molecule has 0 atom stereocenters. The number of nitrogens with one attached hydrogen (secondary N) is 2. The lowest BCUT2D eigenvalue weighted by atomic mass is 10.3. The summed E-state index contributed by atoms with van der Waals surface area (Å²) in [5.41, 5.74) is 0.435. The van der Waals surface area contributed by atoms with E-state index in [1.165, 1.54) is 13.2 Å². The molecule has 0 bridgehead atoms. The third-order valence-electron chi connectivity index (χ3n) is 2.70. The molecule has 0 saturated carbocycles. The fraction of sp³-hybridized carbons (Fsp3) is 0.417. The summed E-state index contributed by atoms with van der Waals surface area (Å²) in [5, 5.41) is 11.5. The van der Waals surface area contributed by atoms with Crippen LogP contribution in [0.1, 0.15) is 0 Å². The molecule has 1 heterocycles. The molecule has 1 aliphatic rings. The van der Waals surface area contributed by atoms with Gasteiger partial charge in [0.2, 0.25) is 5.96 Å². The number of sulfonamides is 1. The van der Waals surface area contributed by atoms with Crippen molar-refractivity contribution in [3.8, 4) is 5.75 Å². The van der Waals surface area contributed by atoms with Crippen LogP contribution in [0.4, 0.5) is 5.69 Å². The van der Waals surface area contributed by atoms with Gasteiger partial charge in [-0.1, -0.05) is 0 Å². The molecule has 1 aliphatic heterocycles. The van der Waals surface area contributed by atoms with E-state index in [0.29, 0.717) is 18.0 Å². The first kappa shape index (κ1) is 15.5. The molecular weight excluding hydrogens is 298 g/mol. The molecule has 3 N–H and O–H groups in total. The second-order valence-electron chi connectivity index (χ2n) is 4.16. The molecular formula is C12H17N3O5S. The average molecular weight is 315 g/mol. The van der Waals surface area contributed by atoms with Crippen LogP contribution in [0.5, 0.6) is 5.75 Å². The Hall–Kier alpha value is -1.84. The molecule has 0 fully saturated rings. The van der Waals surface area contributed by atoms with E-state index in [-0.39, 0.29) is 30.6 Å². The van der Waals surface area contributed by atoms with Crippen molar-refractivity contribution >= 4 is 21.7 Å². The molecule has 9 heteroatoms. The number of aliphatic imine (C=N–C) groups is 1. The Morgan fingerprint density at radius 1 is 1.33 bits per heavy atom. The SMILES string of the molecule is COc1ccc2c(c1)S(=O)(=O)NC(=NCCOCCO)N2. The lowest BCUT2D eigenvalue weighted by molar-refractivity contribution is 0.0978. The van der Waals surface area contributed by atoms with Crippen molar-refractivity contribution in [3.05, 3.63) is 18.2 Å². The van der Waals surface area contributed by atoms with Gasteiger partial charge in [-0.25, -0.2) is 18.1 Å². The Bertz CT molecular complexity index is 630. The molecule has 1 aromatic rings. The smallest absolute Gasteiger partial charge is 0.266 e. The Kier molecular flexibility index (Phi) is 4.99. The summed E-state index contributed by atoms with van der Waals surface area (Å²) in [6, 6.07) is 4.71. The van der Waals surface area contributed by atoms with Crippen molar-refractivity contribution in [1.82, 2.24) is 4.72 Å². The number of aliphatic hydroxyl groups excluding tert-OH is 1. The molecule has 0 aromatic heterocycles. The highest BCUT2D eigenvalue weighted by molar-refractivity contribution is 7.90. The normalized spacial score (nSPS) is 17.7. The lowest BCUT2D eigenvalue weighted by Crippen LogP contribution is -2.41. The minimum atomic E-state index is -3.68. The molecule has 0 spiro atoms. The van der Waals surface area contributed by atoms with Crippen LogP contribution in [0.25, 0.3) is 0 Å². The van der Waals surface area contributed by atoms with E-state index >= 15 is 0 Å². The number of rotatable bonds is 6. The number of fused-ring (bicyclic) bond motifs is 1. The van der Waals surface area contributed by atoms with E-state index in [1.54, 1.807) is 12.1 Å². The Labute approximate surface area is 122 Å². The van der Waals surface area contributed by atoms with Gasteiger partial charge in [-0.15, -0.1) is 0 Å². The second kappa shape index (κ2) is 6.74. The van der Waals surface area contributed by atoms with Crippen molar-refractivity contribution in [1.29, 1.82) is 0 Å². The van der Waals surface area contributed by atoms with Gasteiger partial charge < -0.3 is 19.9 Å². The van der Waals surface area contributed by atoms with E-state index in [9.17, 15) is 8.42 Å². The van der Waals surface area contributed by atoms with Crippen LogP contribution in [0, 0.1) is 0 Å². The summed E-state index contributed by atoms with van der Waals surface area (Å²) < 4.78 is 36.7. The van der Waals surface area contributed by atoms with Gasteiger partial charge in [0.05, 0.1) is 39.2 Å². The van der Waals surface area contributed by atoms with Gasteiger partial charge in [0.25, 0.3) is 10.0 Å². The highest BCUT2D eigenvalue weighted by Crippen LogP contribution is 2.28. The van der Waals surface area contributed by atoms with Gasteiger partial charge >= 0.3 is 0 Å². The van der Waals surface area contributed by atoms with Gasteiger partial charge in [0.1, 0.15) is 10.6 Å². The predicted molar refractivity (Wildman–Crippen MR) is 77.1 cm³/mol. The van der Waals surface area contributed by atoms with Gasteiger partial charge in [0, 0.05) is 6.07 Å². The van der Waals surface area contributed by atoms with Crippen molar-refractivity contribution in [2.75, 3.05) is 38.8 Å². The molecule has 0 aliphatic carbocycles. The predicted octanol–water partition coefficient (Wildman–Crippen LogP) is -0.236. The molecule has 1 aromatic carbocycles. The highest BCUT2D eigenvalue weighted by atomic mass is 32.2. The number of hydrogen-bond acceptors (Lipinski definition) is 6. The maximum absolute atomic E-state index is 12.1. The molecule has 21 heavy (non-hydrogen) atoms. The summed E-state index contributed by atoms with van der Waals surface area (Å²) in [7, 11) is -2.21. The second-order valence-corrected chi connectivity index (χ2v) is 5.81. The minimum absolute atomic E-state index is 0.0589. The maximum atomic E-state index is 12.1. The fourth-order valence-corrected chi connectivity index (χ4v) is 2.91. The Morgan fingerprint density at radius 3 is 2.86 bits per heavy atom. The third kappa shape index (κ3) is 3.84. The van der Waals surface area contributed by atoms with Crippen LogP contribution in [-0.2, 0) is 14.8 Å². The van der Waals surface area contributed by atoms with E-state index < -0.39 is 10.0 Å². The fourth-order valence-electron chi connectivity index (χ4n) is 1.75. The van der Waals surface area contributed by atoms with Gasteiger partial charge in [-0.3, -0.25) is 0 Å². The van der Waals surface area contributed by atoms with Crippen LogP contribution in [0.3, 0.4) is 0 Å². The Balaban J connectivity index is 2.12. The monoisotopic (exact) mass is 315 g/mol. The molecule has 8 nitrogen and oxygen atoms in total. The van der Waals surface area contributed by atoms with Crippen LogP contribution in [-0.4, -0.2) is 53.0 Å². The first-order valence-electron chi connectivity index (χ1n) is 6.28. The van der Waals surface area contributed by atoms with Gasteiger partial charge in [-0.05, 0) is 12.1 Å². The Morgan fingerprint density at radius 2 is 2.14 bits per heavy atom. The summed E-state index contributed by atoms with van der Waals surface area (Å²) in [5.74, 6) is 0.596. The first-order valence-corrected chi connectivity index (χ1v) is 7.76. The summed E-state index contributed by atoms with van der Waals surface area (Å²) in [6.07, 6.45) is 0. The van der Waals surface area contributed by atoms with Crippen LogP contribution < -0.4 is 14.8 Å². The first-order chi connectivity index (χ1) is 10.1. The van der Waals surface area contributed by atoms with Gasteiger partial charge in [-0.2, -0.15) is 0 Å². The molecule has 2 rings (SSSR count). The zero-order valence-electron chi connectivity index (χ0n) is 11.5. The number of aliphatic hydroxyl groups is 1. The topological polar surface area (TPSA) is 109 Å². The van der Waals surface area contributed by atoms with Gasteiger partial charge in [0.15, 0.2) is 0 Å². The van der Waals surface area contributed by atoms with Crippen molar-refractivity contribution in [3.63, 3.8) is 0 Å². The van der Waals surface area contributed by atoms with Crippen molar-refractivity contribution in [2.45, 2.75) is 4.90 Å². The number of anilines is 1. The van der Waals surface area contributed by atoms with Crippen LogP contribution >= 0.6 is 0 Å². The largest absolute Gasteiger partial charge is 0.497 e.